The SMILES string of the molecule is NCCC[Si-]12(Oc3ccccc3O1)Oc1ccccc1O2. The molecule has 1 spiro atoms. The van der Waals surface area contributed by atoms with Crippen LogP contribution in [-0.4, -0.2) is 14.9 Å². The van der Waals surface area contributed by atoms with Crippen molar-refractivity contribution in [3.63, 3.8) is 0 Å². The second kappa shape index (κ2) is 4.16. The summed E-state index contributed by atoms with van der Waals surface area (Å²) in [5.74, 6) is 2.65. The molecule has 0 aromatic heterocycles. The van der Waals surface area contributed by atoms with E-state index in [1.165, 1.54) is 0 Å². The summed E-state index contributed by atoms with van der Waals surface area (Å²) < 4.78 is 24.6. The van der Waals surface area contributed by atoms with Crippen molar-refractivity contribution in [3.8, 4) is 23.0 Å². The van der Waals surface area contributed by atoms with Crippen LogP contribution in [0, 0.1) is 0 Å². The Bertz CT molecular complexity index is 593. The zero-order chi connectivity index (χ0) is 14.4. The van der Waals surface area contributed by atoms with Crippen molar-refractivity contribution in [2.24, 2.45) is 5.73 Å². The molecule has 0 radical (unpaired) electrons. The van der Waals surface area contributed by atoms with E-state index in [2.05, 4.69) is 0 Å². The van der Waals surface area contributed by atoms with Gasteiger partial charge in [0, 0.05) is 0 Å². The van der Waals surface area contributed by atoms with Gasteiger partial charge in [-0.3, -0.25) is 0 Å². The zero-order valence-electron chi connectivity index (χ0n) is 11.5. The van der Waals surface area contributed by atoms with Crippen molar-refractivity contribution in [2.75, 3.05) is 6.54 Å². The summed E-state index contributed by atoms with van der Waals surface area (Å²) in [6.07, 6.45) is 0.704. The van der Waals surface area contributed by atoms with E-state index in [0.29, 0.717) is 42.0 Å². The quantitative estimate of drug-likeness (QED) is 0.883. The van der Waals surface area contributed by atoms with Crippen LogP contribution in [0.15, 0.2) is 48.5 Å². The second-order valence-electron chi connectivity index (χ2n) is 5.27. The van der Waals surface area contributed by atoms with Crippen LogP contribution >= 0.6 is 0 Å². The van der Waals surface area contributed by atoms with E-state index in [0.717, 1.165) is 0 Å². The van der Waals surface area contributed by atoms with Crippen LogP contribution in [0.2, 0.25) is 6.04 Å². The van der Waals surface area contributed by atoms with Gasteiger partial charge in [0.1, 0.15) is 0 Å². The second-order valence-corrected chi connectivity index (χ2v) is 8.74. The van der Waals surface area contributed by atoms with Gasteiger partial charge in [0.15, 0.2) is 0 Å². The minimum absolute atomic E-state index is 0.514. The van der Waals surface area contributed by atoms with Crippen LogP contribution in [0.4, 0.5) is 0 Å². The normalized spacial score (nSPS) is 20.9. The van der Waals surface area contributed by atoms with Gasteiger partial charge >= 0.3 is 122 Å². The Kier molecular flexibility index (Phi) is 2.48. The van der Waals surface area contributed by atoms with E-state index in [1.54, 1.807) is 0 Å². The molecule has 2 heterocycles. The Balaban J connectivity index is 1.78. The van der Waals surface area contributed by atoms with Crippen molar-refractivity contribution in [2.45, 2.75) is 12.5 Å². The van der Waals surface area contributed by atoms with Crippen LogP contribution in [0.3, 0.4) is 0 Å². The number of nitrogens with two attached hydrogens (primary N) is 1. The summed E-state index contributed by atoms with van der Waals surface area (Å²) in [7, 11) is -4.01. The molecule has 2 N–H and O–H groups in total. The third kappa shape index (κ3) is 1.80. The van der Waals surface area contributed by atoms with Crippen molar-refractivity contribution in [1.29, 1.82) is 0 Å². The van der Waals surface area contributed by atoms with Crippen molar-refractivity contribution in [3.05, 3.63) is 48.5 Å². The molecule has 2 aromatic rings. The molecule has 5 nitrogen and oxygen atoms in total. The first-order valence-corrected chi connectivity index (χ1v) is 9.39. The summed E-state index contributed by atoms with van der Waals surface area (Å²) >= 11 is 0. The Hall–Kier alpha value is -2.18. The van der Waals surface area contributed by atoms with E-state index in [9.17, 15) is 0 Å². The summed E-state index contributed by atoms with van der Waals surface area (Å²) in [5.41, 5.74) is 5.67. The van der Waals surface area contributed by atoms with Crippen molar-refractivity contribution < 1.29 is 17.7 Å². The molecular formula is C15H16NO4Si-. The molecule has 0 amide bonds. The van der Waals surface area contributed by atoms with Crippen LogP contribution < -0.4 is 23.4 Å². The minimum atomic E-state index is -4.01. The van der Waals surface area contributed by atoms with Gasteiger partial charge in [0.25, 0.3) is 0 Å². The molecule has 0 fully saturated rings. The summed E-state index contributed by atoms with van der Waals surface area (Å²) in [5, 5.41) is 0. The Morgan fingerprint density at radius 2 is 1.10 bits per heavy atom. The van der Waals surface area contributed by atoms with E-state index < -0.39 is 8.33 Å². The van der Waals surface area contributed by atoms with Gasteiger partial charge in [-0.05, 0) is 0 Å². The van der Waals surface area contributed by atoms with Crippen LogP contribution in [0.1, 0.15) is 6.42 Å². The summed E-state index contributed by atoms with van der Waals surface area (Å²) in [4.78, 5) is 0. The predicted octanol–water partition coefficient (Wildman–Crippen LogP) is 2.67. The molecular weight excluding hydrogens is 286 g/mol. The molecule has 2 aromatic carbocycles. The van der Waals surface area contributed by atoms with Crippen LogP contribution in [0.25, 0.3) is 0 Å². The monoisotopic (exact) mass is 302 g/mol. The van der Waals surface area contributed by atoms with E-state index in [1.807, 2.05) is 48.5 Å². The average Bonchev–Trinajstić information content (AvgIpc) is 2.99. The van der Waals surface area contributed by atoms with Gasteiger partial charge in [-0.25, -0.2) is 0 Å². The van der Waals surface area contributed by atoms with Gasteiger partial charge < -0.3 is 0 Å². The van der Waals surface area contributed by atoms with E-state index >= 15 is 0 Å². The fourth-order valence-corrected chi connectivity index (χ4v) is 6.62. The van der Waals surface area contributed by atoms with Gasteiger partial charge in [-0.2, -0.15) is 0 Å². The first-order valence-electron chi connectivity index (χ1n) is 7.05. The number of fused-ring (bicyclic) bond motifs is 2. The third-order valence-electron chi connectivity index (χ3n) is 3.72. The number of hydrogen-bond donors (Lipinski definition) is 1. The van der Waals surface area contributed by atoms with Crippen molar-refractivity contribution >= 4 is 8.33 Å². The van der Waals surface area contributed by atoms with Crippen LogP contribution in [0.5, 0.6) is 23.0 Å². The third-order valence-corrected chi connectivity index (χ3v) is 7.34. The summed E-state index contributed by atoms with van der Waals surface area (Å²) in [6, 6.07) is 15.6. The molecule has 2 aliphatic heterocycles. The molecule has 2 aliphatic rings. The topological polar surface area (TPSA) is 62.9 Å². The summed E-state index contributed by atoms with van der Waals surface area (Å²) in [6.45, 7) is 0.523. The molecule has 0 saturated heterocycles. The molecule has 4 rings (SSSR count). The number of hydrogen-bond acceptors (Lipinski definition) is 5. The Labute approximate surface area is 123 Å². The standard InChI is InChI=1S/C15H16NO4Si/c16-10-5-11-21(17-12-6-1-2-7-13(12)18-21)19-14-8-3-4-9-15(14)20-21/h1-4,6-9H,5,10-11,16H2/q-1. The fraction of sp³-hybridized carbons (Fsp3) is 0.200. The van der Waals surface area contributed by atoms with Gasteiger partial charge in [-0.1, -0.05) is 0 Å². The molecule has 21 heavy (non-hydrogen) atoms. The van der Waals surface area contributed by atoms with Crippen molar-refractivity contribution in [1.82, 2.24) is 0 Å². The first-order chi connectivity index (χ1) is 10.2. The zero-order valence-corrected chi connectivity index (χ0v) is 12.5. The van der Waals surface area contributed by atoms with E-state index in [-0.39, 0.29) is 0 Å². The number of benzene rings is 2. The average molecular weight is 302 g/mol. The first kappa shape index (κ1) is 12.5. The van der Waals surface area contributed by atoms with Gasteiger partial charge in [0.05, 0.1) is 0 Å². The molecule has 0 bridgehead atoms. The predicted molar refractivity (Wildman–Crippen MR) is 79.6 cm³/mol. The molecule has 0 saturated carbocycles. The Morgan fingerprint density at radius 1 is 0.714 bits per heavy atom. The maximum absolute atomic E-state index is 6.16. The van der Waals surface area contributed by atoms with Crippen LogP contribution in [-0.2, 0) is 0 Å². The molecule has 0 atom stereocenters. The number of para-hydroxylation sites is 4. The number of rotatable bonds is 3. The van der Waals surface area contributed by atoms with Gasteiger partial charge in [-0.15, -0.1) is 0 Å². The maximum atomic E-state index is 6.16. The molecule has 0 unspecified atom stereocenters. The van der Waals surface area contributed by atoms with Gasteiger partial charge in [0.2, 0.25) is 0 Å². The molecule has 6 heteroatoms. The Morgan fingerprint density at radius 3 is 1.43 bits per heavy atom. The fourth-order valence-electron chi connectivity index (χ4n) is 2.81. The molecule has 110 valence electrons. The van der Waals surface area contributed by atoms with E-state index in [4.69, 9.17) is 23.4 Å². The molecule has 0 aliphatic carbocycles.